The quantitative estimate of drug-likeness (QED) is 0.630. The van der Waals surface area contributed by atoms with E-state index >= 15 is 0 Å². The average molecular weight is 351 g/mol. The topological polar surface area (TPSA) is 91.9 Å². The summed E-state index contributed by atoms with van der Waals surface area (Å²) >= 11 is 4.60. The number of hydrogen-bond acceptors (Lipinski definition) is 4. The number of nitrogens with two attached hydrogens (primary N) is 2. The molecule has 6 nitrogen and oxygen atoms in total. The van der Waals surface area contributed by atoms with Gasteiger partial charge < -0.3 is 11.5 Å². The van der Waals surface area contributed by atoms with Crippen LogP contribution in [0.2, 0.25) is 0 Å². The van der Waals surface area contributed by atoms with E-state index in [1.54, 1.807) is 0 Å². The lowest BCUT2D eigenvalue weighted by atomic mass is 9.92. The van der Waals surface area contributed by atoms with Crippen LogP contribution in [0.25, 0.3) is 5.70 Å². The molecule has 0 bridgehead atoms. The minimum absolute atomic E-state index is 0.0743. The smallest absolute Gasteiger partial charge is 0.399 e. The lowest BCUT2D eigenvalue weighted by Gasteiger charge is -2.26. The third kappa shape index (κ3) is 2.76. The Morgan fingerprint density at radius 1 is 1.52 bits per heavy atom. The summed E-state index contributed by atoms with van der Waals surface area (Å²) in [6.07, 6.45) is -3.03. The molecule has 11 heteroatoms. The van der Waals surface area contributed by atoms with Crippen LogP contribution in [0.15, 0.2) is 22.6 Å². The van der Waals surface area contributed by atoms with Crippen LogP contribution in [0.4, 0.5) is 17.6 Å². The van der Waals surface area contributed by atoms with Crippen LogP contribution < -0.4 is 17.2 Å². The van der Waals surface area contributed by atoms with Gasteiger partial charge in [-0.15, -0.1) is 5.10 Å². The van der Waals surface area contributed by atoms with Gasteiger partial charge in [-0.05, 0) is 13.0 Å². The molecular formula is C12H13F4N5OS. The van der Waals surface area contributed by atoms with E-state index in [1.807, 2.05) is 0 Å². The van der Waals surface area contributed by atoms with Gasteiger partial charge in [0, 0.05) is 13.0 Å². The number of aromatic nitrogens is 3. The standard InChI is InChI=1S/C12H13F4N5OS/c1-2-20-9(12(14,15)16)19-21(10(20)22)6-3-4-11(13,8(18)23)7(17)5-6/h3,5H,2,4,17H2,1H3,(H2,18,23). The Balaban J connectivity index is 2.54. The summed E-state index contributed by atoms with van der Waals surface area (Å²) < 4.78 is 54.2. The summed E-state index contributed by atoms with van der Waals surface area (Å²) in [5.41, 5.74) is 7.10. The van der Waals surface area contributed by atoms with E-state index in [1.165, 1.54) is 13.0 Å². The first kappa shape index (κ1) is 17.2. The molecule has 1 aromatic heterocycles. The lowest BCUT2D eigenvalue weighted by Crippen LogP contribution is -2.44. The molecule has 1 aromatic rings. The van der Waals surface area contributed by atoms with E-state index < -0.39 is 40.5 Å². The van der Waals surface area contributed by atoms with Gasteiger partial charge in [-0.1, -0.05) is 18.3 Å². The van der Waals surface area contributed by atoms with Gasteiger partial charge in [0.15, 0.2) is 0 Å². The normalized spacial score (nSPS) is 21.8. The number of hydrogen-bond donors (Lipinski definition) is 2. The molecule has 4 N–H and O–H groups in total. The van der Waals surface area contributed by atoms with Gasteiger partial charge in [0.1, 0.15) is 4.99 Å². The molecule has 0 aromatic carbocycles. The van der Waals surface area contributed by atoms with E-state index in [2.05, 4.69) is 17.3 Å². The zero-order valence-electron chi connectivity index (χ0n) is 11.9. The summed E-state index contributed by atoms with van der Waals surface area (Å²) in [4.78, 5) is 11.6. The van der Waals surface area contributed by atoms with Crippen molar-refractivity contribution < 1.29 is 17.6 Å². The average Bonchev–Trinajstić information content (AvgIpc) is 2.78. The van der Waals surface area contributed by atoms with Gasteiger partial charge in [-0.3, -0.25) is 4.57 Å². The maximum absolute atomic E-state index is 14.4. The van der Waals surface area contributed by atoms with Gasteiger partial charge in [0.05, 0.1) is 11.4 Å². The molecule has 1 unspecified atom stereocenters. The Bertz CT molecular complexity index is 775. The first-order chi connectivity index (χ1) is 10.5. The van der Waals surface area contributed by atoms with Gasteiger partial charge in [-0.2, -0.15) is 17.9 Å². The van der Waals surface area contributed by atoms with Crippen LogP contribution in [0.1, 0.15) is 19.2 Å². The summed E-state index contributed by atoms with van der Waals surface area (Å²) in [5.74, 6) is -1.34. The van der Waals surface area contributed by atoms with Crippen LogP contribution in [0.5, 0.6) is 0 Å². The highest BCUT2D eigenvalue weighted by atomic mass is 32.1. The molecule has 0 spiro atoms. The van der Waals surface area contributed by atoms with Crippen molar-refractivity contribution >= 4 is 22.9 Å². The first-order valence-corrected chi connectivity index (χ1v) is 6.87. The Morgan fingerprint density at radius 2 is 2.13 bits per heavy atom. The number of rotatable bonds is 3. The third-order valence-corrected chi connectivity index (χ3v) is 3.74. The molecule has 1 aliphatic rings. The van der Waals surface area contributed by atoms with Crippen LogP contribution >= 0.6 is 12.2 Å². The van der Waals surface area contributed by atoms with Gasteiger partial charge in [0.2, 0.25) is 11.5 Å². The molecular weight excluding hydrogens is 338 g/mol. The number of halogens is 4. The maximum atomic E-state index is 14.4. The predicted molar refractivity (Wildman–Crippen MR) is 78.9 cm³/mol. The second-order valence-corrected chi connectivity index (χ2v) is 5.30. The molecule has 0 radical (unpaired) electrons. The second-order valence-electron chi connectivity index (χ2n) is 4.86. The summed E-state index contributed by atoms with van der Waals surface area (Å²) in [6, 6.07) is 0. The van der Waals surface area contributed by atoms with Crippen LogP contribution in [0, 0.1) is 0 Å². The molecule has 0 aliphatic heterocycles. The Hall–Kier alpha value is -2.17. The fourth-order valence-corrected chi connectivity index (χ4v) is 2.35. The number of allylic oxidation sites excluding steroid dienone is 3. The van der Waals surface area contributed by atoms with Gasteiger partial charge in [-0.25, -0.2) is 9.18 Å². The van der Waals surface area contributed by atoms with Crippen LogP contribution in [-0.2, 0) is 12.7 Å². The van der Waals surface area contributed by atoms with Crippen LogP contribution in [0.3, 0.4) is 0 Å². The fraction of sp³-hybridized carbons (Fsp3) is 0.417. The minimum atomic E-state index is -4.80. The first-order valence-electron chi connectivity index (χ1n) is 6.46. The number of thiocarbonyl (C=S) groups is 1. The highest BCUT2D eigenvalue weighted by Crippen LogP contribution is 2.31. The third-order valence-electron chi connectivity index (χ3n) is 3.42. The van der Waals surface area contributed by atoms with E-state index in [4.69, 9.17) is 11.5 Å². The molecule has 126 valence electrons. The molecule has 0 saturated carbocycles. The van der Waals surface area contributed by atoms with Gasteiger partial charge >= 0.3 is 11.9 Å². The van der Waals surface area contributed by atoms with E-state index in [-0.39, 0.29) is 12.2 Å². The van der Waals surface area contributed by atoms with Crippen molar-refractivity contribution in [2.24, 2.45) is 11.5 Å². The SMILES string of the molecule is CCn1c(C(F)(F)F)nn(C2=CCC(F)(C(N)=S)C(N)=C2)c1=O. The van der Waals surface area contributed by atoms with E-state index in [9.17, 15) is 22.4 Å². The molecule has 2 rings (SSSR count). The van der Waals surface area contributed by atoms with Crippen molar-refractivity contribution in [2.75, 3.05) is 0 Å². The molecule has 23 heavy (non-hydrogen) atoms. The van der Waals surface area contributed by atoms with Gasteiger partial charge in [0.25, 0.3) is 0 Å². The molecule has 0 saturated heterocycles. The van der Waals surface area contributed by atoms with Crippen molar-refractivity contribution in [3.8, 4) is 0 Å². The maximum Gasteiger partial charge on any atom is 0.451 e. The highest BCUT2D eigenvalue weighted by Gasteiger charge is 2.41. The zero-order valence-corrected chi connectivity index (χ0v) is 12.7. The van der Waals surface area contributed by atoms with Crippen molar-refractivity contribution in [1.29, 1.82) is 0 Å². The molecule has 1 aliphatic carbocycles. The van der Waals surface area contributed by atoms with E-state index in [0.717, 1.165) is 6.08 Å². The van der Waals surface area contributed by atoms with E-state index in [0.29, 0.717) is 9.25 Å². The zero-order chi connectivity index (χ0) is 17.6. The Kier molecular flexibility index (Phi) is 4.09. The summed E-state index contributed by atoms with van der Waals surface area (Å²) in [5, 5.41) is 3.29. The second kappa shape index (κ2) is 5.48. The number of nitrogens with zero attached hydrogens (tertiary/aromatic N) is 3. The van der Waals surface area contributed by atoms with Crippen molar-refractivity contribution in [2.45, 2.75) is 31.7 Å². The summed E-state index contributed by atoms with van der Waals surface area (Å²) in [7, 11) is 0. The predicted octanol–water partition coefficient (Wildman–Crippen LogP) is 1.17. The number of alkyl halides is 4. The largest absolute Gasteiger partial charge is 0.451 e. The Labute approximate surface area is 133 Å². The molecule has 1 heterocycles. The highest BCUT2D eigenvalue weighted by molar-refractivity contribution is 7.80. The van der Waals surface area contributed by atoms with Crippen molar-refractivity contribution in [3.05, 3.63) is 34.2 Å². The van der Waals surface area contributed by atoms with Crippen molar-refractivity contribution in [3.63, 3.8) is 0 Å². The van der Waals surface area contributed by atoms with Crippen molar-refractivity contribution in [1.82, 2.24) is 14.3 Å². The summed E-state index contributed by atoms with van der Waals surface area (Å²) in [6.45, 7) is 1.15. The molecule has 0 amide bonds. The monoisotopic (exact) mass is 351 g/mol. The fourth-order valence-electron chi connectivity index (χ4n) is 2.15. The lowest BCUT2D eigenvalue weighted by molar-refractivity contribution is -0.147. The molecule has 0 fully saturated rings. The van der Waals surface area contributed by atoms with Crippen LogP contribution in [-0.4, -0.2) is 25.0 Å². The molecule has 1 atom stereocenters. The minimum Gasteiger partial charge on any atom is -0.399 e. The Morgan fingerprint density at radius 3 is 2.52 bits per heavy atom.